The Hall–Kier alpha value is -3.55. The first-order chi connectivity index (χ1) is 13.2. The molecule has 1 N–H and O–H groups in total. The zero-order valence-electron chi connectivity index (χ0n) is 14.9. The van der Waals surface area contributed by atoms with Crippen molar-refractivity contribution in [3.8, 4) is 5.82 Å². The van der Waals surface area contributed by atoms with Crippen molar-refractivity contribution < 1.29 is 4.79 Å². The number of hydrogen-bond donors (Lipinski definition) is 1. The highest BCUT2D eigenvalue weighted by atomic mass is 16.1. The molecular weight excluding hydrogens is 342 g/mol. The van der Waals surface area contributed by atoms with Crippen molar-refractivity contribution in [3.05, 3.63) is 66.4 Å². The van der Waals surface area contributed by atoms with Crippen LogP contribution in [-0.4, -0.2) is 37.9 Å². The van der Waals surface area contributed by atoms with E-state index in [2.05, 4.69) is 25.5 Å². The van der Waals surface area contributed by atoms with Gasteiger partial charge in [-0.05, 0) is 37.3 Å². The lowest BCUT2D eigenvalue weighted by Gasteiger charge is -2.14. The van der Waals surface area contributed by atoms with E-state index < -0.39 is 0 Å². The summed E-state index contributed by atoms with van der Waals surface area (Å²) >= 11 is 0. The maximum atomic E-state index is 12.5. The molecule has 0 bridgehead atoms. The second-order valence-electron chi connectivity index (χ2n) is 6.26. The first kappa shape index (κ1) is 16.9. The summed E-state index contributed by atoms with van der Waals surface area (Å²) in [6.07, 6.45) is 5.69. The third-order valence-corrected chi connectivity index (χ3v) is 4.35. The van der Waals surface area contributed by atoms with Crippen molar-refractivity contribution >= 4 is 17.3 Å². The summed E-state index contributed by atoms with van der Waals surface area (Å²) in [6, 6.07) is 11.2. The summed E-state index contributed by atoms with van der Waals surface area (Å²) in [7, 11) is 0. The lowest BCUT2D eigenvalue weighted by molar-refractivity contribution is 0.0951. The standard InChI is InChI=1S/C19H19N7O/c1-14-8-10-25(24-14)17-6-4-15(5-7-17)19(27)22-11-16-3-2-9-21-18(16)26-13-20-12-23-26/h2-7,9,12-13H,8,10-11H2,1H3,(H,22,27). The smallest absolute Gasteiger partial charge is 0.251 e. The van der Waals surface area contributed by atoms with Gasteiger partial charge in [0.25, 0.3) is 5.91 Å². The topological polar surface area (TPSA) is 88.3 Å². The fourth-order valence-electron chi connectivity index (χ4n) is 2.92. The molecule has 0 fully saturated rings. The van der Waals surface area contributed by atoms with Gasteiger partial charge in [-0.3, -0.25) is 9.80 Å². The Morgan fingerprint density at radius 2 is 2.07 bits per heavy atom. The molecule has 4 rings (SSSR count). The zero-order valence-corrected chi connectivity index (χ0v) is 14.9. The van der Waals surface area contributed by atoms with Gasteiger partial charge in [-0.25, -0.2) is 14.6 Å². The van der Waals surface area contributed by atoms with Gasteiger partial charge in [-0.15, -0.1) is 0 Å². The quantitative estimate of drug-likeness (QED) is 0.752. The van der Waals surface area contributed by atoms with Gasteiger partial charge < -0.3 is 5.32 Å². The minimum Gasteiger partial charge on any atom is -0.348 e. The van der Waals surface area contributed by atoms with Crippen molar-refractivity contribution in [3.63, 3.8) is 0 Å². The van der Waals surface area contributed by atoms with Crippen molar-refractivity contribution in [2.75, 3.05) is 11.6 Å². The Kier molecular flexibility index (Phi) is 4.61. The summed E-state index contributed by atoms with van der Waals surface area (Å²) in [5.74, 6) is 0.504. The molecule has 27 heavy (non-hydrogen) atoms. The Labute approximate surface area is 156 Å². The minimum absolute atomic E-state index is 0.143. The van der Waals surface area contributed by atoms with Crippen LogP contribution in [0.3, 0.4) is 0 Å². The van der Waals surface area contributed by atoms with Crippen LogP contribution in [0.4, 0.5) is 5.69 Å². The molecule has 1 aliphatic heterocycles. The molecule has 0 saturated carbocycles. The number of hydrazone groups is 1. The molecule has 136 valence electrons. The number of aromatic nitrogens is 4. The third-order valence-electron chi connectivity index (χ3n) is 4.35. The Balaban J connectivity index is 1.43. The highest BCUT2D eigenvalue weighted by Gasteiger charge is 2.14. The molecule has 3 aromatic rings. The predicted octanol–water partition coefficient (Wildman–Crippen LogP) is 2.18. The summed E-state index contributed by atoms with van der Waals surface area (Å²) in [5, 5.41) is 13.5. The number of carbonyl (C=O) groups is 1. The van der Waals surface area contributed by atoms with Crippen LogP contribution in [0.1, 0.15) is 29.3 Å². The van der Waals surface area contributed by atoms with Crippen LogP contribution in [-0.2, 0) is 6.54 Å². The number of hydrogen-bond acceptors (Lipinski definition) is 6. The average molecular weight is 361 g/mol. The summed E-state index contributed by atoms with van der Waals surface area (Å²) < 4.78 is 1.58. The van der Waals surface area contributed by atoms with E-state index in [-0.39, 0.29) is 5.91 Å². The van der Waals surface area contributed by atoms with Gasteiger partial charge in [0.15, 0.2) is 5.82 Å². The maximum Gasteiger partial charge on any atom is 0.251 e. The van der Waals surface area contributed by atoms with E-state index in [1.54, 1.807) is 17.2 Å². The largest absolute Gasteiger partial charge is 0.348 e. The van der Waals surface area contributed by atoms with Crippen LogP contribution in [0.2, 0.25) is 0 Å². The van der Waals surface area contributed by atoms with E-state index in [9.17, 15) is 4.79 Å². The van der Waals surface area contributed by atoms with Crippen LogP contribution in [0, 0.1) is 0 Å². The van der Waals surface area contributed by atoms with Gasteiger partial charge in [0, 0.05) is 42.5 Å². The number of carbonyl (C=O) groups excluding carboxylic acids is 1. The van der Waals surface area contributed by atoms with E-state index in [1.807, 2.05) is 48.3 Å². The predicted molar refractivity (Wildman–Crippen MR) is 102 cm³/mol. The maximum absolute atomic E-state index is 12.5. The lowest BCUT2D eigenvalue weighted by Crippen LogP contribution is -2.24. The number of rotatable bonds is 5. The molecule has 8 heteroatoms. The lowest BCUT2D eigenvalue weighted by atomic mass is 10.1. The second kappa shape index (κ2) is 7.36. The highest BCUT2D eigenvalue weighted by molar-refractivity contribution is 5.94. The average Bonchev–Trinajstić information content (AvgIpc) is 3.38. The summed E-state index contributed by atoms with van der Waals surface area (Å²) in [5.41, 5.74) is 3.57. The second-order valence-corrected chi connectivity index (χ2v) is 6.26. The molecule has 8 nitrogen and oxygen atoms in total. The van der Waals surface area contributed by atoms with Crippen molar-refractivity contribution in [1.82, 2.24) is 25.1 Å². The Bertz CT molecular complexity index is 964. The fourth-order valence-corrected chi connectivity index (χ4v) is 2.92. The molecule has 0 aliphatic carbocycles. The number of nitrogens with one attached hydrogen (secondary N) is 1. The van der Waals surface area contributed by atoms with Crippen LogP contribution in [0.5, 0.6) is 0 Å². The van der Waals surface area contributed by atoms with Gasteiger partial charge in [-0.1, -0.05) is 6.07 Å². The van der Waals surface area contributed by atoms with Crippen LogP contribution >= 0.6 is 0 Å². The van der Waals surface area contributed by atoms with Gasteiger partial charge in [-0.2, -0.15) is 10.2 Å². The van der Waals surface area contributed by atoms with Gasteiger partial charge in [0.2, 0.25) is 0 Å². The van der Waals surface area contributed by atoms with Crippen molar-refractivity contribution in [1.29, 1.82) is 0 Å². The van der Waals surface area contributed by atoms with Crippen molar-refractivity contribution in [2.45, 2.75) is 19.9 Å². The van der Waals surface area contributed by atoms with E-state index in [0.717, 1.165) is 29.9 Å². The van der Waals surface area contributed by atoms with Gasteiger partial charge >= 0.3 is 0 Å². The molecule has 3 heterocycles. The molecule has 0 unspecified atom stereocenters. The molecule has 1 aliphatic rings. The highest BCUT2D eigenvalue weighted by Crippen LogP contribution is 2.20. The SMILES string of the molecule is CC1=NN(c2ccc(C(=O)NCc3cccnc3-n3cncn3)cc2)CC1. The molecular formula is C19H19N7O. The number of benzene rings is 1. The molecule has 1 aromatic carbocycles. The van der Waals surface area contributed by atoms with Crippen LogP contribution in [0.15, 0.2) is 60.4 Å². The third kappa shape index (κ3) is 3.69. The number of pyridine rings is 1. The zero-order chi connectivity index (χ0) is 18.6. The first-order valence-corrected chi connectivity index (χ1v) is 8.69. The first-order valence-electron chi connectivity index (χ1n) is 8.69. The number of amides is 1. The number of nitrogens with zero attached hydrogens (tertiary/aromatic N) is 6. The molecule has 1 amide bonds. The Morgan fingerprint density at radius 1 is 1.22 bits per heavy atom. The van der Waals surface area contributed by atoms with Crippen LogP contribution in [0.25, 0.3) is 5.82 Å². The number of anilines is 1. The summed E-state index contributed by atoms with van der Waals surface area (Å²) in [6.45, 7) is 3.25. The molecule has 0 atom stereocenters. The molecule has 2 aromatic heterocycles. The van der Waals surface area contributed by atoms with Crippen molar-refractivity contribution in [2.24, 2.45) is 5.10 Å². The van der Waals surface area contributed by atoms with E-state index in [4.69, 9.17) is 0 Å². The molecule has 0 spiro atoms. The van der Waals surface area contributed by atoms with E-state index >= 15 is 0 Å². The van der Waals surface area contributed by atoms with E-state index in [1.165, 1.54) is 6.33 Å². The fraction of sp³-hybridized carbons (Fsp3) is 0.211. The summed E-state index contributed by atoms with van der Waals surface area (Å²) in [4.78, 5) is 20.8. The Morgan fingerprint density at radius 3 is 2.78 bits per heavy atom. The van der Waals surface area contributed by atoms with Crippen LogP contribution < -0.4 is 10.3 Å². The van der Waals surface area contributed by atoms with E-state index in [0.29, 0.717) is 17.9 Å². The minimum atomic E-state index is -0.143. The van der Waals surface area contributed by atoms with Gasteiger partial charge in [0.05, 0.1) is 5.69 Å². The molecule has 0 saturated heterocycles. The monoisotopic (exact) mass is 361 g/mol. The normalized spacial score (nSPS) is 13.5. The molecule has 0 radical (unpaired) electrons. The van der Waals surface area contributed by atoms with Gasteiger partial charge in [0.1, 0.15) is 12.7 Å².